The van der Waals surface area contributed by atoms with Crippen LogP contribution in [0.1, 0.15) is 64.3 Å². The molecule has 1 aromatic carbocycles. The predicted octanol–water partition coefficient (Wildman–Crippen LogP) is 4.37. The van der Waals surface area contributed by atoms with Crippen LogP contribution in [-0.2, 0) is 11.3 Å². The summed E-state index contributed by atoms with van der Waals surface area (Å²) in [6, 6.07) is 10.0. The van der Waals surface area contributed by atoms with E-state index < -0.39 is 0 Å². The molecule has 28 heavy (non-hydrogen) atoms. The maximum absolute atomic E-state index is 12.4. The summed E-state index contributed by atoms with van der Waals surface area (Å²) in [6.07, 6.45) is 6.97. The number of para-hydroxylation sites is 1. The summed E-state index contributed by atoms with van der Waals surface area (Å²) in [5, 5.41) is 12.6. The molecule has 1 fully saturated rings. The molecule has 0 aliphatic heterocycles. The van der Waals surface area contributed by atoms with E-state index >= 15 is 0 Å². The predicted molar refractivity (Wildman–Crippen MR) is 112 cm³/mol. The minimum absolute atomic E-state index is 0.0812. The van der Waals surface area contributed by atoms with E-state index in [0.29, 0.717) is 11.8 Å². The van der Waals surface area contributed by atoms with Gasteiger partial charge in [-0.15, -0.1) is 10.2 Å². The number of aromatic nitrogens is 3. The number of hydrogen-bond donors (Lipinski definition) is 1. The van der Waals surface area contributed by atoms with E-state index in [0.717, 1.165) is 36.1 Å². The first kappa shape index (κ1) is 20.7. The second-order valence-electron chi connectivity index (χ2n) is 7.20. The fourth-order valence-electron chi connectivity index (χ4n) is 3.58. The molecule has 1 aromatic heterocycles. The summed E-state index contributed by atoms with van der Waals surface area (Å²) in [4.78, 5) is 12.4. The fraction of sp³-hybridized carbons (Fsp3) is 0.571. The normalized spacial score (nSPS) is 16.4. The molecule has 1 unspecified atom stereocenters. The lowest BCUT2D eigenvalue weighted by molar-refractivity contribution is -0.119. The first-order chi connectivity index (χ1) is 13.7. The molecule has 0 bridgehead atoms. The van der Waals surface area contributed by atoms with Crippen molar-refractivity contribution in [2.45, 2.75) is 76.2 Å². The molecule has 6 nitrogen and oxygen atoms in total. The Labute approximate surface area is 171 Å². The second kappa shape index (κ2) is 10.5. The Morgan fingerprint density at radius 2 is 1.93 bits per heavy atom. The molecule has 1 N–H and O–H groups in total. The lowest BCUT2D eigenvalue weighted by Crippen LogP contribution is -2.35. The Morgan fingerprint density at radius 1 is 1.21 bits per heavy atom. The van der Waals surface area contributed by atoms with Crippen LogP contribution < -0.4 is 10.1 Å². The first-order valence-electron chi connectivity index (χ1n) is 10.2. The number of ether oxygens (including phenoxy) is 1. The van der Waals surface area contributed by atoms with Crippen molar-refractivity contribution in [2.24, 2.45) is 0 Å². The number of benzene rings is 1. The maximum Gasteiger partial charge on any atom is 0.230 e. The molecule has 1 atom stereocenters. The highest BCUT2D eigenvalue weighted by Gasteiger charge is 2.20. The highest BCUT2D eigenvalue weighted by Crippen LogP contribution is 2.24. The van der Waals surface area contributed by atoms with E-state index in [2.05, 4.69) is 22.4 Å². The molecule has 1 saturated carbocycles. The van der Waals surface area contributed by atoms with Crippen molar-refractivity contribution >= 4 is 17.7 Å². The van der Waals surface area contributed by atoms with Crippen molar-refractivity contribution in [2.75, 3.05) is 5.75 Å². The smallest absolute Gasteiger partial charge is 0.230 e. The standard InChI is InChI=1S/C21H30N4O2S/c1-3-25-20(16(2)27-18-13-9-6-10-14-18)23-24-21(25)28-15-19(26)22-17-11-7-4-5-8-12-17/h6,9-10,13-14,16-17H,3-5,7-8,11-12,15H2,1-2H3,(H,22,26). The van der Waals surface area contributed by atoms with Crippen LogP contribution in [0, 0.1) is 0 Å². The Kier molecular flexibility index (Phi) is 7.77. The van der Waals surface area contributed by atoms with Crippen molar-refractivity contribution in [3.63, 3.8) is 0 Å². The molecule has 1 heterocycles. The van der Waals surface area contributed by atoms with E-state index in [9.17, 15) is 4.79 Å². The first-order valence-corrected chi connectivity index (χ1v) is 11.2. The molecular formula is C21H30N4O2S. The molecule has 0 spiro atoms. The largest absolute Gasteiger partial charge is 0.483 e. The van der Waals surface area contributed by atoms with Gasteiger partial charge in [-0.25, -0.2) is 0 Å². The molecule has 1 aliphatic carbocycles. The van der Waals surface area contributed by atoms with Crippen LogP contribution in [0.3, 0.4) is 0 Å². The zero-order valence-corrected chi connectivity index (χ0v) is 17.6. The van der Waals surface area contributed by atoms with E-state index in [1.807, 2.05) is 41.8 Å². The van der Waals surface area contributed by atoms with Gasteiger partial charge in [-0.3, -0.25) is 4.79 Å². The summed E-state index contributed by atoms with van der Waals surface area (Å²) in [5.74, 6) is 2.02. The summed E-state index contributed by atoms with van der Waals surface area (Å²) in [5.41, 5.74) is 0. The Bertz CT molecular complexity index is 742. The lowest BCUT2D eigenvalue weighted by Gasteiger charge is -2.16. The molecule has 7 heteroatoms. The third-order valence-corrected chi connectivity index (χ3v) is 6.00. The van der Waals surface area contributed by atoms with Crippen molar-refractivity contribution in [3.8, 4) is 5.75 Å². The van der Waals surface area contributed by atoms with Crippen molar-refractivity contribution in [1.29, 1.82) is 0 Å². The van der Waals surface area contributed by atoms with Crippen LogP contribution in [0.25, 0.3) is 0 Å². The number of carbonyl (C=O) groups excluding carboxylic acids is 1. The summed E-state index contributed by atoms with van der Waals surface area (Å²) >= 11 is 1.44. The molecule has 3 rings (SSSR count). The molecule has 152 valence electrons. The fourth-order valence-corrected chi connectivity index (χ4v) is 4.40. The molecule has 2 aromatic rings. The topological polar surface area (TPSA) is 69.0 Å². The quantitative estimate of drug-likeness (QED) is 0.524. The number of hydrogen-bond acceptors (Lipinski definition) is 5. The van der Waals surface area contributed by atoms with E-state index in [-0.39, 0.29) is 12.0 Å². The second-order valence-corrected chi connectivity index (χ2v) is 8.15. The van der Waals surface area contributed by atoms with Crippen LogP contribution in [0.4, 0.5) is 0 Å². The van der Waals surface area contributed by atoms with Crippen LogP contribution >= 0.6 is 11.8 Å². The zero-order chi connectivity index (χ0) is 19.8. The van der Waals surface area contributed by atoms with E-state index in [4.69, 9.17) is 4.74 Å². The minimum Gasteiger partial charge on any atom is -0.483 e. The number of carbonyl (C=O) groups is 1. The summed E-state index contributed by atoms with van der Waals surface area (Å²) in [7, 11) is 0. The minimum atomic E-state index is -0.219. The zero-order valence-electron chi connectivity index (χ0n) is 16.8. The van der Waals surface area contributed by atoms with Gasteiger partial charge in [-0.1, -0.05) is 55.6 Å². The van der Waals surface area contributed by atoms with Gasteiger partial charge in [0.15, 0.2) is 17.1 Å². The number of amides is 1. The van der Waals surface area contributed by atoms with Crippen LogP contribution in [-0.4, -0.2) is 32.5 Å². The van der Waals surface area contributed by atoms with Gasteiger partial charge in [0.2, 0.25) is 5.91 Å². The number of nitrogens with one attached hydrogen (secondary N) is 1. The maximum atomic E-state index is 12.4. The highest BCUT2D eigenvalue weighted by molar-refractivity contribution is 7.99. The van der Waals surface area contributed by atoms with Gasteiger partial charge in [0, 0.05) is 12.6 Å². The van der Waals surface area contributed by atoms with E-state index in [1.54, 1.807) is 0 Å². The van der Waals surface area contributed by atoms with Gasteiger partial charge in [0.1, 0.15) is 5.75 Å². The SMILES string of the molecule is CCn1c(SCC(=O)NC2CCCCCC2)nnc1C(C)Oc1ccccc1. The molecule has 1 amide bonds. The van der Waals surface area contributed by atoms with Crippen LogP contribution in [0.2, 0.25) is 0 Å². The third kappa shape index (κ3) is 5.74. The van der Waals surface area contributed by atoms with Gasteiger partial charge < -0.3 is 14.6 Å². The van der Waals surface area contributed by atoms with Crippen molar-refractivity contribution in [3.05, 3.63) is 36.2 Å². The Balaban J connectivity index is 1.56. The Morgan fingerprint density at radius 3 is 2.61 bits per heavy atom. The van der Waals surface area contributed by atoms with Gasteiger partial charge in [-0.05, 0) is 38.8 Å². The van der Waals surface area contributed by atoms with Crippen LogP contribution in [0.5, 0.6) is 5.75 Å². The number of thioether (sulfide) groups is 1. The number of nitrogens with zero attached hydrogens (tertiary/aromatic N) is 3. The van der Waals surface area contributed by atoms with Crippen molar-refractivity contribution < 1.29 is 9.53 Å². The van der Waals surface area contributed by atoms with Crippen molar-refractivity contribution in [1.82, 2.24) is 20.1 Å². The number of rotatable bonds is 8. The summed E-state index contributed by atoms with van der Waals surface area (Å²) in [6.45, 7) is 4.76. The average Bonchev–Trinajstić information content (AvgIpc) is 2.95. The third-order valence-electron chi connectivity index (χ3n) is 5.03. The monoisotopic (exact) mass is 402 g/mol. The van der Waals surface area contributed by atoms with Crippen LogP contribution in [0.15, 0.2) is 35.5 Å². The lowest BCUT2D eigenvalue weighted by atomic mass is 10.1. The van der Waals surface area contributed by atoms with Gasteiger partial charge in [0.25, 0.3) is 0 Å². The summed E-state index contributed by atoms with van der Waals surface area (Å²) < 4.78 is 8.01. The molecular weight excluding hydrogens is 372 g/mol. The molecule has 0 radical (unpaired) electrons. The van der Waals surface area contributed by atoms with Gasteiger partial charge in [0.05, 0.1) is 5.75 Å². The Hall–Kier alpha value is -2.02. The highest BCUT2D eigenvalue weighted by atomic mass is 32.2. The molecule has 0 saturated heterocycles. The van der Waals surface area contributed by atoms with E-state index in [1.165, 1.54) is 37.4 Å². The van der Waals surface area contributed by atoms with Gasteiger partial charge in [-0.2, -0.15) is 0 Å². The molecule has 1 aliphatic rings. The average molecular weight is 403 g/mol. The van der Waals surface area contributed by atoms with Gasteiger partial charge >= 0.3 is 0 Å².